The first-order chi connectivity index (χ1) is 7.16. The predicted molar refractivity (Wildman–Crippen MR) is 53.0 cm³/mol. The molecule has 0 heterocycles. The minimum Gasteiger partial charge on any atom is -0.377 e. The maximum absolute atomic E-state index is 11.7. The van der Waals surface area contributed by atoms with Crippen LogP contribution >= 0.6 is 0 Å². The Morgan fingerprint density at radius 3 is 2.25 bits per heavy atom. The second kappa shape index (κ2) is 6.05. The van der Waals surface area contributed by atoms with Gasteiger partial charge in [-0.05, 0) is 13.8 Å². The number of ether oxygens (including phenoxy) is 1. The maximum Gasteiger partial charge on any atom is 0.401 e. The molecular formula is C9H17F3N2O2. The average molecular weight is 242 g/mol. The Morgan fingerprint density at radius 2 is 1.81 bits per heavy atom. The number of rotatable bonds is 6. The zero-order valence-corrected chi connectivity index (χ0v) is 9.57. The summed E-state index contributed by atoms with van der Waals surface area (Å²) in [6.07, 6.45) is -4.30. The third kappa shape index (κ3) is 8.49. The van der Waals surface area contributed by atoms with Gasteiger partial charge in [-0.15, -0.1) is 0 Å². The number of nitrogens with one attached hydrogen (secondary N) is 2. The monoisotopic (exact) mass is 242 g/mol. The van der Waals surface area contributed by atoms with Gasteiger partial charge in [0.1, 0.15) is 0 Å². The van der Waals surface area contributed by atoms with Crippen molar-refractivity contribution in [1.82, 2.24) is 10.6 Å². The fourth-order valence-corrected chi connectivity index (χ4v) is 0.764. The number of methoxy groups -OCH3 is 1. The molecule has 1 amide bonds. The number of carbonyl (C=O) groups excluding carboxylic acids is 1. The number of carbonyl (C=O) groups is 1. The number of amides is 1. The molecule has 0 bridgehead atoms. The molecule has 0 saturated heterocycles. The van der Waals surface area contributed by atoms with Gasteiger partial charge in [0.25, 0.3) is 0 Å². The van der Waals surface area contributed by atoms with Crippen molar-refractivity contribution in [2.24, 2.45) is 0 Å². The van der Waals surface area contributed by atoms with Gasteiger partial charge in [0.2, 0.25) is 5.91 Å². The fraction of sp³-hybridized carbons (Fsp3) is 0.889. The van der Waals surface area contributed by atoms with Crippen molar-refractivity contribution >= 4 is 5.91 Å². The van der Waals surface area contributed by atoms with Crippen molar-refractivity contribution in [3.63, 3.8) is 0 Å². The van der Waals surface area contributed by atoms with Gasteiger partial charge >= 0.3 is 6.18 Å². The van der Waals surface area contributed by atoms with Crippen LogP contribution in [-0.2, 0) is 9.53 Å². The van der Waals surface area contributed by atoms with Crippen LogP contribution in [0.4, 0.5) is 13.2 Å². The Balaban J connectivity index is 3.68. The highest BCUT2D eigenvalue weighted by Crippen LogP contribution is 2.11. The lowest BCUT2D eigenvalue weighted by Gasteiger charge is -2.23. The summed E-state index contributed by atoms with van der Waals surface area (Å²) < 4.78 is 40.2. The standard InChI is InChI=1S/C9H17F3N2O2/c1-8(2,16-3)5-14-7(15)4-13-6-9(10,11)12/h13H,4-6H2,1-3H3,(H,14,15). The molecule has 0 aromatic carbocycles. The molecule has 0 rings (SSSR count). The van der Waals surface area contributed by atoms with E-state index in [0.29, 0.717) is 0 Å². The van der Waals surface area contributed by atoms with E-state index in [-0.39, 0.29) is 13.1 Å². The second-order valence-electron chi connectivity index (χ2n) is 3.96. The number of hydrogen-bond donors (Lipinski definition) is 2. The Hall–Kier alpha value is -0.820. The largest absolute Gasteiger partial charge is 0.401 e. The van der Waals surface area contributed by atoms with Crippen molar-refractivity contribution in [3.05, 3.63) is 0 Å². The average Bonchev–Trinajstić information content (AvgIpc) is 2.13. The van der Waals surface area contributed by atoms with E-state index in [9.17, 15) is 18.0 Å². The highest BCUT2D eigenvalue weighted by molar-refractivity contribution is 5.78. The quantitative estimate of drug-likeness (QED) is 0.720. The third-order valence-electron chi connectivity index (χ3n) is 1.87. The van der Waals surface area contributed by atoms with Crippen molar-refractivity contribution < 1.29 is 22.7 Å². The number of halogens is 3. The van der Waals surface area contributed by atoms with Crippen LogP contribution in [-0.4, -0.2) is 44.4 Å². The van der Waals surface area contributed by atoms with Crippen LogP contribution in [0.5, 0.6) is 0 Å². The summed E-state index contributed by atoms with van der Waals surface area (Å²) >= 11 is 0. The SMILES string of the molecule is COC(C)(C)CNC(=O)CNCC(F)(F)F. The zero-order valence-electron chi connectivity index (χ0n) is 9.57. The predicted octanol–water partition coefficient (Wildman–Crippen LogP) is 0.679. The summed E-state index contributed by atoms with van der Waals surface area (Å²) in [4.78, 5) is 11.1. The Labute approximate surface area is 92.5 Å². The summed E-state index contributed by atoms with van der Waals surface area (Å²) in [6.45, 7) is 2.23. The molecule has 0 aliphatic rings. The van der Waals surface area contributed by atoms with E-state index in [2.05, 4.69) is 5.32 Å². The highest BCUT2D eigenvalue weighted by atomic mass is 19.4. The first-order valence-corrected chi connectivity index (χ1v) is 4.75. The molecule has 7 heteroatoms. The van der Waals surface area contributed by atoms with Crippen LogP contribution in [0.1, 0.15) is 13.8 Å². The number of hydrogen-bond acceptors (Lipinski definition) is 3. The fourth-order valence-electron chi connectivity index (χ4n) is 0.764. The Bertz CT molecular complexity index is 229. The topological polar surface area (TPSA) is 50.4 Å². The van der Waals surface area contributed by atoms with E-state index in [0.717, 1.165) is 0 Å². The van der Waals surface area contributed by atoms with E-state index >= 15 is 0 Å². The molecule has 0 fully saturated rings. The van der Waals surface area contributed by atoms with Crippen LogP contribution in [0.3, 0.4) is 0 Å². The molecule has 0 aliphatic heterocycles. The minimum absolute atomic E-state index is 0.246. The second-order valence-corrected chi connectivity index (χ2v) is 3.96. The van der Waals surface area contributed by atoms with E-state index in [1.54, 1.807) is 13.8 Å². The lowest BCUT2D eigenvalue weighted by molar-refractivity contribution is -0.129. The first kappa shape index (κ1) is 15.2. The zero-order chi connectivity index (χ0) is 12.8. The van der Waals surface area contributed by atoms with Crippen molar-refractivity contribution in [2.75, 3.05) is 26.7 Å². The molecule has 0 spiro atoms. The molecule has 4 nitrogen and oxygen atoms in total. The van der Waals surface area contributed by atoms with Crippen LogP contribution in [0.2, 0.25) is 0 Å². The van der Waals surface area contributed by atoms with Crippen molar-refractivity contribution in [3.8, 4) is 0 Å². The molecule has 96 valence electrons. The Morgan fingerprint density at radius 1 is 1.25 bits per heavy atom. The molecule has 0 radical (unpaired) electrons. The maximum atomic E-state index is 11.7. The molecule has 0 aromatic heterocycles. The molecule has 0 atom stereocenters. The molecule has 16 heavy (non-hydrogen) atoms. The van der Waals surface area contributed by atoms with E-state index in [4.69, 9.17) is 4.74 Å². The van der Waals surface area contributed by atoms with Gasteiger partial charge in [0, 0.05) is 13.7 Å². The van der Waals surface area contributed by atoms with Gasteiger partial charge in [-0.3, -0.25) is 4.79 Å². The summed E-state index contributed by atoms with van der Waals surface area (Å²) in [5, 5.41) is 4.47. The molecule has 2 N–H and O–H groups in total. The van der Waals surface area contributed by atoms with E-state index < -0.39 is 24.2 Å². The molecular weight excluding hydrogens is 225 g/mol. The minimum atomic E-state index is -4.30. The summed E-state index contributed by atoms with van der Waals surface area (Å²) in [5.41, 5.74) is -0.528. The smallest absolute Gasteiger partial charge is 0.377 e. The van der Waals surface area contributed by atoms with Gasteiger partial charge in [0.15, 0.2) is 0 Å². The van der Waals surface area contributed by atoms with E-state index in [1.165, 1.54) is 7.11 Å². The van der Waals surface area contributed by atoms with Gasteiger partial charge in [-0.1, -0.05) is 0 Å². The Kier molecular flexibility index (Phi) is 5.74. The molecule has 0 saturated carbocycles. The lowest BCUT2D eigenvalue weighted by Crippen LogP contribution is -2.44. The number of alkyl halides is 3. The third-order valence-corrected chi connectivity index (χ3v) is 1.87. The first-order valence-electron chi connectivity index (χ1n) is 4.75. The normalized spacial score (nSPS) is 12.6. The van der Waals surface area contributed by atoms with E-state index in [1.807, 2.05) is 5.32 Å². The van der Waals surface area contributed by atoms with Gasteiger partial charge in [-0.25, -0.2) is 0 Å². The highest BCUT2D eigenvalue weighted by Gasteiger charge is 2.26. The summed E-state index contributed by atoms with van der Waals surface area (Å²) in [7, 11) is 1.49. The van der Waals surface area contributed by atoms with Crippen molar-refractivity contribution in [2.45, 2.75) is 25.6 Å². The van der Waals surface area contributed by atoms with Crippen LogP contribution < -0.4 is 10.6 Å². The van der Waals surface area contributed by atoms with Gasteiger partial charge in [-0.2, -0.15) is 13.2 Å². The lowest BCUT2D eigenvalue weighted by atomic mass is 10.1. The van der Waals surface area contributed by atoms with Gasteiger partial charge in [0.05, 0.1) is 18.7 Å². The molecule has 0 unspecified atom stereocenters. The van der Waals surface area contributed by atoms with Crippen molar-refractivity contribution in [1.29, 1.82) is 0 Å². The van der Waals surface area contributed by atoms with Crippen LogP contribution in [0, 0.1) is 0 Å². The molecule has 0 aliphatic carbocycles. The van der Waals surface area contributed by atoms with Gasteiger partial charge < -0.3 is 15.4 Å². The van der Waals surface area contributed by atoms with Crippen LogP contribution in [0.25, 0.3) is 0 Å². The summed E-state index contributed by atoms with van der Waals surface area (Å²) in [5.74, 6) is -0.491. The van der Waals surface area contributed by atoms with Crippen LogP contribution in [0.15, 0.2) is 0 Å². The summed E-state index contributed by atoms with van der Waals surface area (Å²) in [6, 6.07) is 0. The molecule has 0 aromatic rings.